The fourth-order valence-corrected chi connectivity index (χ4v) is 3.73. The zero-order chi connectivity index (χ0) is 19.5. The van der Waals surface area contributed by atoms with Crippen molar-refractivity contribution in [1.29, 1.82) is 0 Å². The third kappa shape index (κ3) is 3.79. The van der Waals surface area contributed by atoms with Gasteiger partial charge in [-0.05, 0) is 25.0 Å². The number of amides is 2. The van der Waals surface area contributed by atoms with Crippen molar-refractivity contribution in [2.24, 2.45) is 5.92 Å². The van der Waals surface area contributed by atoms with E-state index >= 15 is 0 Å². The molecule has 0 bridgehead atoms. The van der Waals surface area contributed by atoms with Gasteiger partial charge in [-0.15, -0.1) is 11.3 Å². The molecule has 9 heteroatoms. The highest BCUT2D eigenvalue weighted by Crippen LogP contribution is 2.25. The van der Waals surface area contributed by atoms with Gasteiger partial charge in [0.05, 0.1) is 11.5 Å². The van der Waals surface area contributed by atoms with Gasteiger partial charge in [-0.3, -0.25) is 9.59 Å². The SMILES string of the molecule is O=C(Nc1nccs1)C1CCCN(C(=O)c2cc(-c3ccccc3F)on2)C1. The molecule has 0 aliphatic carbocycles. The molecule has 0 saturated carbocycles. The lowest BCUT2D eigenvalue weighted by atomic mass is 9.97. The van der Waals surface area contributed by atoms with Crippen LogP contribution in [-0.4, -0.2) is 39.9 Å². The fourth-order valence-electron chi connectivity index (χ4n) is 3.19. The van der Waals surface area contributed by atoms with E-state index in [0.717, 1.165) is 0 Å². The van der Waals surface area contributed by atoms with Gasteiger partial charge < -0.3 is 14.7 Å². The number of nitrogens with zero attached hydrogens (tertiary/aromatic N) is 3. The maximum atomic E-state index is 13.9. The zero-order valence-corrected chi connectivity index (χ0v) is 15.6. The van der Waals surface area contributed by atoms with Crippen molar-refractivity contribution in [3.63, 3.8) is 0 Å². The predicted octanol–water partition coefficient (Wildman–Crippen LogP) is 3.43. The molecule has 1 atom stereocenters. The van der Waals surface area contributed by atoms with E-state index in [0.29, 0.717) is 24.5 Å². The van der Waals surface area contributed by atoms with Gasteiger partial charge in [0.25, 0.3) is 5.91 Å². The zero-order valence-electron chi connectivity index (χ0n) is 14.8. The first-order valence-corrected chi connectivity index (χ1v) is 9.71. The average Bonchev–Trinajstić information content (AvgIpc) is 3.40. The first-order chi connectivity index (χ1) is 13.6. The number of halogens is 1. The summed E-state index contributed by atoms with van der Waals surface area (Å²) >= 11 is 1.34. The van der Waals surface area contributed by atoms with Gasteiger partial charge in [0, 0.05) is 30.7 Å². The summed E-state index contributed by atoms with van der Waals surface area (Å²) in [4.78, 5) is 30.8. The molecule has 3 heterocycles. The minimum absolute atomic E-state index is 0.0965. The number of hydrogen-bond acceptors (Lipinski definition) is 6. The van der Waals surface area contributed by atoms with Crippen LogP contribution >= 0.6 is 11.3 Å². The molecule has 1 fully saturated rings. The van der Waals surface area contributed by atoms with E-state index in [-0.39, 0.29) is 41.3 Å². The van der Waals surface area contributed by atoms with Crippen LogP contribution in [0.15, 0.2) is 46.4 Å². The summed E-state index contributed by atoms with van der Waals surface area (Å²) in [6, 6.07) is 7.56. The van der Waals surface area contributed by atoms with Crippen molar-refractivity contribution in [1.82, 2.24) is 15.0 Å². The number of likely N-dealkylation sites (tertiary alicyclic amines) is 1. The standard InChI is InChI=1S/C19H17FN4O3S/c20-14-6-2-1-5-13(14)16-10-15(23-27-16)18(26)24-8-3-4-12(11-24)17(25)22-19-21-7-9-28-19/h1-2,5-7,9-10,12H,3-4,8,11H2,(H,21,22,25). The monoisotopic (exact) mass is 400 g/mol. The van der Waals surface area contributed by atoms with Crippen LogP contribution in [0.3, 0.4) is 0 Å². The largest absolute Gasteiger partial charge is 0.355 e. The highest BCUT2D eigenvalue weighted by molar-refractivity contribution is 7.13. The molecule has 1 N–H and O–H groups in total. The summed E-state index contributed by atoms with van der Waals surface area (Å²) in [5.74, 6) is -1.07. The summed E-state index contributed by atoms with van der Waals surface area (Å²) in [5, 5.41) is 8.90. The third-order valence-electron chi connectivity index (χ3n) is 4.61. The molecule has 1 unspecified atom stereocenters. The van der Waals surface area contributed by atoms with E-state index < -0.39 is 5.82 Å². The van der Waals surface area contributed by atoms with E-state index in [1.165, 1.54) is 23.5 Å². The number of thiazole rings is 1. The van der Waals surface area contributed by atoms with Crippen molar-refractivity contribution in [3.05, 3.63) is 53.4 Å². The molecule has 144 valence electrons. The molecule has 1 aromatic carbocycles. The van der Waals surface area contributed by atoms with Crippen LogP contribution < -0.4 is 5.32 Å². The van der Waals surface area contributed by atoms with E-state index in [4.69, 9.17) is 4.52 Å². The second-order valence-electron chi connectivity index (χ2n) is 6.47. The van der Waals surface area contributed by atoms with Gasteiger partial charge >= 0.3 is 0 Å². The van der Waals surface area contributed by atoms with Crippen LogP contribution in [0.5, 0.6) is 0 Å². The van der Waals surface area contributed by atoms with Gasteiger partial charge in [-0.1, -0.05) is 17.3 Å². The van der Waals surface area contributed by atoms with E-state index in [2.05, 4.69) is 15.5 Å². The molecule has 28 heavy (non-hydrogen) atoms. The fraction of sp³-hybridized carbons (Fsp3) is 0.263. The van der Waals surface area contributed by atoms with Crippen LogP contribution in [0.25, 0.3) is 11.3 Å². The van der Waals surface area contributed by atoms with E-state index in [9.17, 15) is 14.0 Å². The molecular formula is C19H17FN4O3S. The number of nitrogens with one attached hydrogen (secondary N) is 1. The highest BCUT2D eigenvalue weighted by Gasteiger charge is 2.30. The van der Waals surface area contributed by atoms with Crippen LogP contribution in [0.2, 0.25) is 0 Å². The van der Waals surface area contributed by atoms with Crippen molar-refractivity contribution < 1.29 is 18.5 Å². The molecule has 1 aliphatic rings. The topological polar surface area (TPSA) is 88.3 Å². The first kappa shape index (κ1) is 18.3. The van der Waals surface area contributed by atoms with Crippen LogP contribution in [0.1, 0.15) is 23.3 Å². The molecule has 1 saturated heterocycles. The van der Waals surface area contributed by atoms with Gasteiger partial charge in [0.1, 0.15) is 5.82 Å². The molecule has 2 amide bonds. The van der Waals surface area contributed by atoms with E-state index in [1.807, 2.05) is 0 Å². The number of anilines is 1. The first-order valence-electron chi connectivity index (χ1n) is 8.83. The lowest BCUT2D eigenvalue weighted by Gasteiger charge is -2.31. The number of hydrogen-bond donors (Lipinski definition) is 1. The predicted molar refractivity (Wildman–Crippen MR) is 101 cm³/mol. The van der Waals surface area contributed by atoms with Gasteiger partial charge in [0.15, 0.2) is 16.6 Å². The number of carbonyl (C=O) groups excluding carboxylic acids is 2. The maximum absolute atomic E-state index is 13.9. The molecular weight excluding hydrogens is 383 g/mol. The van der Waals surface area contributed by atoms with Crippen molar-refractivity contribution in [2.45, 2.75) is 12.8 Å². The number of aromatic nitrogens is 2. The molecule has 1 aliphatic heterocycles. The van der Waals surface area contributed by atoms with Crippen LogP contribution in [0.4, 0.5) is 9.52 Å². The molecule has 0 spiro atoms. The quantitative estimate of drug-likeness (QED) is 0.725. The Morgan fingerprint density at radius 3 is 2.96 bits per heavy atom. The minimum atomic E-state index is -0.449. The van der Waals surface area contributed by atoms with Gasteiger partial charge in [-0.2, -0.15) is 0 Å². The van der Waals surface area contributed by atoms with Crippen molar-refractivity contribution in [2.75, 3.05) is 18.4 Å². The van der Waals surface area contributed by atoms with Crippen LogP contribution in [0, 0.1) is 11.7 Å². The average molecular weight is 400 g/mol. The van der Waals surface area contributed by atoms with Crippen LogP contribution in [-0.2, 0) is 4.79 Å². The molecule has 0 radical (unpaired) electrons. The van der Waals surface area contributed by atoms with Gasteiger partial charge in [-0.25, -0.2) is 9.37 Å². The van der Waals surface area contributed by atoms with Crippen molar-refractivity contribution in [3.8, 4) is 11.3 Å². The Morgan fingerprint density at radius 1 is 1.32 bits per heavy atom. The molecule has 7 nitrogen and oxygen atoms in total. The summed E-state index contributed by atoms with van der Waals surface area (Å²) in [6.45, 7) is 0.819. The Morgan fingerprint density at radius 2 is 2.18 bits per heavy atom. The second-order valence-corrected chi connectivity index (χ2v) is 7.37. The summed E-state index contributed by atoms with van der Waals surface area (Å²) in [5.41, 5.74) is 0.340. The Labute approximate surface area is 164 Å². The lowest BCUT2D eigenvalue weighted by molar-refractivity contribution is -0.121. The third-order valence-corrected chi connectivity index (χ3v) is 5.30. The number of benzene rings is 1. The normalized spacial score (nSPS) is 16.8. The number of carbonyl (C=O) groups is 2. The summed E-state index contributed by atoms with van der Waals surface area (Å²) in [6.07, 6.45) is 3.02. The maximum Gasteiger partial charge on any atom is 0.276 e. The van der Waals surface area contributed by atoms with E-state index in [1.54, 1.807) is 34.7 Å². The Balaban J connectivity index is 1.45. The summed E-state index contributed by atoms with van der Waals surface area (Å²) in [7, 11) is 0. The van der Waals surface area contributed by atoms with Gasteiger partial charge in [0.2, 0.25) is 5.91 Å². The Bertz CT molecular complexity index is 989. The molecule has 2 aromatic heterocycles. The Kier molecular flexibility index (Phi) is 5.16. The molecule has 4 rings (SSSR count). The summed E-state index contributed by atoms with van der Waals surface area (Å²) < 4.78 is 19.1. The molecule has 3 aromatic rings. The number of rotatable bonds is 4. The smallest absolute Gasteiger partial charge is 0.276 e. The number of piperidine rings is 1. The Hall–Kier alpha value is -3.07. The minimum Gasteiger partial charge on any atom is -0.355 e. The lowest BCUT2D eigenvalue weighted by Crippen LogP contribution is -2.43. The second kappa shape index (κ2) is 7.89. The van der Waals surface area contributed by atoms with Crippen molar-refractivity contribution >= 4 is 28.3 Å². The highest BCUT2D eigenvalue weighted by atomic mass is 32.1.